The summed E-state index contributed by atoms with van der Waals surface area (Å²) in [5, 5.41) is 55.8. The monoisotopic (exact) mass is 1290 g/mol. The molecule has 0 aromatic carbocycles. The van der Waals surface area contributed by atoms with Gasteiger partial charge < -0.3 is 77.8 Å². The van der Waals surface area contributed by atoms with Crippen molar-refractivity contribution in [2.24, 2.45) is 0 Å². The molecule has 0 aliphatic carbocycles. The molecule has 20 heteroatoms. The number of nitrogens with one attached hydrogen (secondary N) is 1. The van der Waals surface area contributed by atoms with E-state index in [1.807, 2.05) is 0 Å². The van der Waals surface area contributed by atoms with Crippen molar-refractivity contribution in [1.82, 2.24) is 20.3 Å². The molecule has 1 fully saturated rings. The highest BCUT2D eigenvalue weighted by molar-refractivity contribution is 5.76. The lowest BCUT2D eigenvalue weighted by molar-refractivity contribution is -0.300. The quantitative estimate of drug-likeness (QED) is 0.0381. The van der Waals surface area contributed by atoms with Gasteiger partial charge in [0.05, 0.1) is 144 Å². The average Bonchev–Trinajstić information content (AvgIpc) is 3.10. The van der Waals surface area contributed by atoms with Crippen molar-refractivity contribution < 1.29 is 77.3 Å². The first kappa shape index (κ1) is 84.1. The summed E-state index contributed by atoms with van der Waals surface area (Å²) < 4.78 is 62.8. The van der Waals surface area contributed by atoms with Gasteiger partial charge in [-0.25, -0.2) is 4.68 Å². The maximum atomic E-state index is 13.4. The third-order valence-corrected chi connectivity index (χ3v) is 16.8. The maximum Gasteiger partial charge on any atom is 0.220 e. The predicted octanol–water partition coefficient (Wildman–Crippen LogP) is 12.1. The smallest absolute Gasteiger partial charge is 0.220 e. The minimum atomic E-state index is -1.58. The zero-order valence-corrected chi connectivity index (χ0v) is 57.5. The van der Waals surface area contributed by atoms with Crippen molar-refractivity contribution in [2.75, 3.05) is 119 Å². The molecule has 1 aromatic heterocycles. The third kappa shape index (κ3) is 50.4. The number of ether oxygens (including phenoxy) is 11. The number of aromatic nitrogens is 3. The molecular formula is C70H136N4O16. The van der Waals surface area contributed by atoms with Crippen molar-refractivity contribution in [3.05, 3.63) is 11.9 Å². The summed E-state index contributed by atoms with van der Waals surface area (Å²) >= 11 is 0. The Kier molecular flexibility index (Phi) is 60.1. The van der Waals surface area contributed by atoms with Gasteiger partial charge in [0.25, 0.3) is 0 Å². The zero-order valence-electron chi connectivity index (χ0n) is 57.5. The topological polar surface area (TPSA) is 242 Å². The van der Waals surface area contributed by atoms with Crippen LogP contribution < -0.4 is 5.32 Å². The lowest BCUT2D eigenvalue weighted by atomic mass is 9.98. The number of aliphatic hydroxyl groups excluding tert-OH is 4. The largest absolute Gasteiger partial charge is 0.391 e. The Labute approximate surface area is 546 Å². The molecule has 5 N–H and O–H groups in total. The predicted molar refractivity (Wildman–Crippen MR) is 355 cm³/mol. The van der Waals surface area contributed by atoms with Crippen LogP contribution in [0.1, 0.15) is 264 Å². The molecule has 0 spiro atoms. The number of methoxy groups -OCH3 is 1. The van der Waals surface area contributed by atoms with Crippen molar-refractivity contribution in [3.63, 3.8) is 0 Å². The van der Waals surface area contributed by atoms with Gasteiger partial charge >= 0.3 is 0 Å². The lowest BCUT2D eigenvalue weighted by Gasteiger charge is -2.40. The number of nitrogens with zero attached hydrogens (tertiary/aromatic N) is 3. The normalized spacial score (nSPS) is 17.6. The molecular weight excluding hydrogens is 1150 g/mol. The average molecular weight is 1290 g/mol. The molecule has 1 aliphatic rings. The molecule has 1 aromatic rings. The van der Waals surface area contributed by atoms with Crippen LogP contribution in [0.2, 0.25) is 0 Å². The van der Waals surface area contributed by atoms with Gasteiger partial charge in [0, 0.05) is 13.5 Å². The molecule has 0 bridgehead atoms. The van der Waals surface area contributed by atoms with Crippen molar-refractivity contribution in [1.29, 1.82) is 0 Å². The molecule has 7 unspecified atom stereocenters. The summed E-state index contributed by atoms with van der Waals surface area (Å²) in [5.41, 5.74) is 0.542. The fourth-order valence-corrected chi connectivity index (χ4v) is 11.1. The van der Waals surface area contributed by atoms with Gasteiger partial charge in [0.15, 0.2) is 6.29 Å². The molecule has 0 radical (unpaired) electrons. The highest BCUT2D eigenvalue weighted by Gasteiger charge is 2.45. The first-order valence-corrected chi connectivity index (χ1v) is 36.6. The van der Waals surface area contributed by atoms with Crippen LogP contribution in [0, 0.1) is 0 Å². The highest BCUT2D eigenvalue weighted by atomic mass is 16.7. The van der Waals surface area contributed by atoms with E-state index in [9.17, 15) is 25.2 Å². The van der Waals surface area contributed by atoms with E-state index < -0.39 is 42.9 Å². The second-order valence-electron chi connectivity index (χ2n) is 24.9. The van der Waals surface area contributed by atoms with E-state index in [4.69, 9.17) is 52.1 Å². The summed E-state index contributed by atoms with van der Waals surface area (Å²) in [5.74, 6) is -0.149. The van der Waals surface area contributed by atoms with E-state index in [1.54, 1.807) is 13.3 Å². The minimum absolute atomic E-state index is 0.00152. The molecule has 1 saturated heterocycles. The summed E-state index contributed by atoms with van der Waals surface area (Å²) in [7, 11) is 1.64. The Hall–Kier alpha value is -1.99. The van der Waals surface area contributed by atoms with Crippen LogP contribution in [-0.4, -0.2) is 204 Å². The Balaban J connectivity index is 1.65. The number of unbranched alkanes of at least 4 members (excludes halogenated alkanes) is 34. The van der Waals surface area contributed by atoms with E-state index in [2.05, 4.69) is 29.5 Å². The van der Waals surface area contributed by atoms with E-state index >= 15 is 0 Å². The van der Waals surface area contributed by atoms with Gasteiger partial charge in [-0.2, -0.15) is 0 Å². The van der Waals surface area contributed by atoms with Crippen LogP contribution in [0.25, 0.3) is 0 Å². The highest BCUT2D eigenvalue weighted by Crippen LogP contribution is 2.25. The van der Waals surface area contributed by atoms with Gasteiger partial charge in [0.2, 0.25) is 5.91 Å². The Morgan fingerprint density at radius 1 is 0.478 bits per heavy atom. The van der Waals surface area contributed by atoms with Crippen LogP contribution in [-0.2, 0) is 70.1 Å². The van der Waals surface area contributed by atoms with Crippen LogP contribution in [0.4, 0.5) is 0 Å². The summed E-state index contributed by atoms with van der Waals surface area (Å²) in [6.07, 6.45) is 40.8. The first-order chi connectivity index (χ1) is 44.3. The second-order valence-corrected chi connectivity index (χ2v) is 24.9. The van der Waals surface area contributed by atoms with Gasteiger partial charge in [0.1, 0.15) is 30.1 Å². The van der Waals surface area contributed by atoms with Gasteiger partial charge in [-0.3, -0.25) is 4.79 Å². The summed E-state index contributed by atoms with van der Waals surface area (Å²) in [4.78, 5) is 13.4. The maximum absolute atomic E-state index is 13.4. The molecule has 90 heavy (non-hydrogen) atoms. The first-order valence-electron chi connectivity index (χ1n) is 36.6. The number of carbonyl (C=O) groups excluding carboxylic acids is 1. The van der Waals surface area contributed by atoms with E-state index in [1.165, 1.54) is 197 Å². The summed E-state index contributed by atoms with van der Waals surface area (Å²) in [6.45, 7) is 12.1. The fraction of sp³-hybridized carbons (Fsp3) is 0.957. The molecule has 7 atom stereocenters. The third-order valence-electron chi connectivity index (χ3n) is 16.8. The molecule has 2 rings (SSSR count). The van der Waals surface area contributed by atoms with Crippen molar-refractivity contribution >= 4 is 5.91 Å². The van der Waals surface area contributed by atoms with Crippen LogP contribution >= 0.6 is 0 Å². The number of aliphatic hydroxyl groups is 4. The Bertz CT molecular complexity index is 1640. The van der Waals surface area contributed by atoms with Crippen LogP contribution in [0.3, 0.4) is 0 Å². The van der Waals surface area contributed by atoms with E-state index in [-0.39, 0.29) is 25.7 Å². The lowest BCUT2D eigenvalue weighted by Crippen LogP contribution is -2.60. The molecule has 20 nitrogen and oxygen atoms in total. The summed E-state index contributed by atoms with van der Waals surface area (Å²) in [6, 6.07) is -0.755. The van der Waals surface area contributed by atoms with E-state index in [0.29, 0.717) is 124 Å². The SMILES string of the molecule is CCCCCCCCCCCCCCCCCCCCCCCCCC(=O)NC(COC1OC(Cn2cc(COCCOCCOCCOCCOCCOCCOCCOCCOC)nn2)C(O)C(O)C1O)C(O)CCCCCCCCCCCCCCC. The standard InChI is InChI=1S/C70H136N4O16/c1-4-6-8-10-12-14-16-18-19-20-21-22-23-24-25-26-27-29-31-33-35-37-39-41-66(76)71-63(64(75)40-38-36-34-32-30-28-17-15-13-11-9-7-5-2)61-89-70-69(79)68(78)67(77)65(90-70)59-74-58-62(72-73-74)60-88-57-56-87-55-54-86-53-52-85-51-50-84-49-48-83-47-46-82-45-44-81-43-42-80-3/h58,63-65,67-70,75,77-79H,4-57,59-61H2,1-3H3,(H,71,76). The van der Waals surface area contributed by atoms with Gasteiger partial charge in [-0.15, -0.1) is 5.10 Å². The van der Waals surface area contributed by atoms with Crippen molar-refractivity contribution in [3.8, 4) is 0 Å². The number of hydrogen-bond acceptors (Lipinski definition) is 18. The van der Waals surface area contributed by atoms with Gasteiger partial charge in [-0.1, -0.05) is 244 Å². The minimum Gasteiger partial charge on any atom is -0.391 e. The molecule has 2 heterocycles. The van der Waals surface area contributed by atoms with Crippen LogP contribution in [0.5, 0.6) is 0 Å². The second kappa shape index (κ2) is 64.4. The Morgan fingerprint density at radius 2 is 0.822 bits per heavy atom. The fourth-order valence-electron chi connectivity index (χ4n) is 11.1. The molecule has 1 amide bonds. The van der Waals surface area contributed by atoms with E-state index in [0.717, 1.165) is 38.5 Å². The van der Waals surface area contributed by atoms with Crippen molar-refractivity contribution in [2.45, 2.75) is 314 Å². The molecule has 1 aliphatic heterocycles. The van der Waals surface area contributed by atoms with Crippen LogP contribution in [0.15, 0.2) is 6.20 Å². The Morgan fingerprint density at radius 3 is 1.20 bits per heavy atom. The number of amides is 1. The number of carbonyl (C=O) groups is 1. The number of rotatable bonds is 71. The van der Waals surface area contributed by atoms with Gasteiger partial charge in [-0.05, 0) is 12.8 Å². The molecule has 532 valence electrons. The zero-order chi connectivity index (χ0) is 64.7. The number of hydrogen-bond donors (Lipinski definition) is 5. The molecule has 0 saturated carbocycles.